The van der Waals surface area contributed by atoms with E-state index in [-0.39, 0.29) is 10.6 Å². The van der Waals surface area contributed by atoms with Crippen LogP contribution in [0.2, 0.25) is 0 Å². The molecule has 102 valence electrons. The van der Waals surface area contributed by atoms with Crippen LogP contribution in [0.1, 0.15) is 26.3 Å². The zero-order valence-corrected chi connectivity index (χ0v) is 12.4. The molecule has 0 heterocycles. The van der Waals surface area contributed by atoms with E-state index < -0.39 is 0 Å². The Labute approximate surface area is 113 Å². The summed E-state index contributed by atoms with van der Waals surface area (Å²) >= 11 is 1.69. The maximum atomic E-state index is 13.8. The number of thioether (sulfide) groups is 1. The monoisotopic (exact) mass is 271 g/mol. The quantitative estimate of drug-likeness (QED) is 0.632. The largest absolute Gasteiger partial charge is 0.383 e. The lowest BCUT2D eigenvalue weighted by Crippen LogP contribution is -2.20. The number of ether oxygens (including phenoxy) is 1. The summed E-state index contributed by atoms with van der Waals surface area (Å²) in [6.07, 6.45) is 0. The summed E-state index contributed by atoms with van der Waals surface area (Å²) in [4.78, 5) is 1.01. The molecule has 1 rings (SSSR count). The Bertz CT molecular complexity index is 377. The third-order valence-electron chi connectivity index (χ3n) is 2.28. The molecule has 0 atom stereocenters. The minimum atomic E-state index is -0.144. The van der Waals surface area contributed by atoms with E-state index in [9.17, 15) is 4.39 Å². The third kappa shape index (κ3) is 5.38. The summed E-state index contributed by atoms with van der Waals surface area (Å²) in [5, 5.41) is 3.19. The van der Waals surface area contributed by atoms with E-state index >= 15 is 0 Å². The predicted molar refractivity (Wildman–Crippen MR) is 75.6 cm³/mol. The molecule has 2 nitrogen and oxygen atoms in total. The van der Waals surface area contributed by atoms with Crippen molar-refractivity contribution in [2.45, 2.75) is 37.0 Å². The van der Waals surface area contributed by atoms with E-state index in [0.717, 1.165) is 17.0 Å². The fourth-order valence-corrected chi connectivity index (χ4v) is 2.62. The van der Waals surface area contributed by atoms with Gasteiger partial charge in [0.25, 0.3) is 0 Å². The first-order chi connectivity index (χ1) is 8.44. The number of hydrogen-bond acceptors (Lipinski definition) is 3. The van der Waals surface area contributed by atoms with Gasteiger partial charge in [0.1, 0.15) is 5.82 Å². The molecule has 18 heavy (non-hydrogen) atoms. The van der Waals surface area contributed by atoms with Gasteiger partial charge in [-0.2, -0.15) is 0 Å². The van der Waals surface area contributed by atoms with Gasteiger partial charge in [0.2, 0.25) is 0 Å². The van der Waals surface area contributed by atoms with Crippen LogP contribution >= 0.6 is 11.8 Å². The Morgan fingerprint density at radius 2 is 2.06 bits per heavy atom. The van der Waals surface area contributed by atoms with Gasteiger partial charge in [-0.1, -0.05) is 26.8 Å². The second-order valence-electron chi connectivity index (χ2n) is 5.10. The van der Waals surface area contributed by atoms with Gasteiger partial charge >= 0.3 is 0 Å². The first-order valence-corrected chi connectivity index (χ1v) is 6.92. The Morgan fingerprint density at radius 3 is 2.67 bits per heavy atom. The van der Waals surface area contributed by atoms with E-state index in [0.29, 0.717) is 13.2 Å². The van der Waals surface area contributed by atoms with E-state index in [2.05, 4.69) is 26.1 Å². The van der Waals surface area contributed by atoms with Crippen LogP contribution < -0.4 is 5.32 Å². The van der Waals surface area contributed by atoms with Crippen molar-refractivity contribution in [3.63, 3.8) is 0 Å². The normalized spacial score (nSPS) is 11.8. The maximum Gasteiger partial charge on any atom is 0.128 e. The van der Waals surface area contributed by atoms with Crippen molar-refractivity contribution in [2.75, 3.05) is 20.3 Å². The van der Waals surface area contributed by atoms with Crippen molar-refractivity contribution in [1.29, 1.82) is 0 Å². The van der Waals surface area contributed by atoms with Crippen LogP contribution in [0.3, 0.4) is 0 Å². The Kier molecular flexibility index (Phi) is 6.12. The second kappa shape index (κ2) is 7.12. The van der Waals surface area contributed by atoms with Gasteiger partial charge in [-0.3, -0.25) is 0 Å². The summed E-state index contributed by atoms with van der Waals surface area (Å²) in [6.45, 7) is 8.29. The highest BCUT2D eigenvalue weighted by Gasteiger charge is 2.16. The van der Waals surface area contributed by atoms with Crippen molar-refractivity contribution >= 4 is 11.8 Å². The summed E-state index contributed by atoms with van der Waals surface area (Å²) in [7, 11) is 1.66. The summed E-state index contributed by atoms with van der Waals surface area (Å²) in [5.74, 6) is -0.144. The lowest BCUT2D eigenvalue weighted by atomic mass is 10.2. The molecule has 0 aliphatic rings. The molecule has 1 aromatic rings. The van der Waals surface area contributed by atoms with Gasteiger partial charge in [0.05, 0.1) is 6.61 Å². The molecule has 0 spiro atoms. The van der Waals surface area contributed by atoms with Crippen LogP contribution in [-0.2, 0) is 11.3 Å². The highest BCUT2D eigenvalue weighted by atomic mass is 32.2. The zero-order chi connectivity index (χ0) is 13.6. The molecule has 0 radical (unpaired) electrons. The molecule has 0 saturated heterocycles. The maximum absolute atomic E-state index is 13.8. The third-order valence-corrected chi connectivity index (χ3v) is 3.49. The van der Waals surface area contributed by atoms with E-state index in [1.807, 2.05) is 6.07 Å². The lowest BCUT2D eigenvalue weighted by Gasteiger charge is -2.20. The van der Waals surface area contributed by atoms with Crippen LogP contribution in [0.15, 0.2) is 23.1 Å². The first-order valence-electron chi connectivity index (χ1n) is 6.10. The Balaban J connectivity index is 2.74. The van der Waals surface area contributed by atoms with Crippen molar-refractivity contribution in [2.24, 2.45) is 0 Å². The molecule has 0 bridgehead atoms. The van der Waals surface area contributed by atoms with Gasteiger partial charge in [0, 0.05) is 35.4 Å². The average Bonchev–Trinajstić information content (AvgIpc) is 2.25. The standard InChI is InChI=1S/C14H22FNOS/c1-14(2,3)18-13-7-5-6-12(15)11(13)10-16-8-9-17-4/h5-7,16H,8-10H2,1-4H3. The molecule has 4 heteroatoms. The van der Waals surface area contributed by atoms with Crippen LogP contribution in [0.4, 0.5) is 4.39 Å². The summed E-state index contributed by atoms with van der Waals surface area (Å²) in [6, 6.07) is 5.26. The summed E-state index contributed by atoms with van der Waals surface area (Å²) < 4.78 is 18.9. The second-order valence-corrected chi connectivity index (χ2v) is 6.97. The van der Waals surface area contributed by atoms with Crippen LogP contribution in [-0.4, -0.2) is 25.0 Å². The number of halogens is 1. The molecule has 0 aliphatic carbocycles. The molecule has 1 N–H and O–H groups in total. The molecule has 0 amide bonds. The van der Waals surface area contributed by atoms with Gasteiger partial charge < -0.3 is 10.1 Å². The number of methoxy groups -OCH3 is 1. The van der Waals surface area contributed by atoms with Crippen molar-refractivity contribution in [3.05, 3.63) is 29.6 Å². The van der Waals surface area contributed by atoms with Gasteiger partial charge in [0.15, 0.2) is 0 Å². The fourth-order valence-electron chi connectivity index (χ4n) is 1.52. The van der Waals surface area contributed by atoms with Gasteiger partial charge in [-0.15, -0.1) is 11.8 Å². The molecule has 0 aliphatic heterocycles. The van der Waals surface area contributed by atoms with E-state index in [1.165, 1.54) is 6.07 Å². The Hall–Kier alpha value is -0.580. The van der Waals surface area contributed by atoms with E-state index in [4.69, 9.17) is 4.74 Å². The number of nitrogens with one attached hydrogen (secondary N) is 1. The first kappa shape index (κ1) is 15.5. The fraction of sp³-hybridized carbons (Fsp3) is 0.571. The number of hydrogen-bond donors (Lipinski definition) is 1. The zero-order valence-electron chi connectivity index (χ0n) is 11.5. The smallest absolute Gasteiger partial charge is 0.128 e. The molecule has 0 unspecified atom stereocenters. The molecule has 0 fully saturated rings. The molecular weight excluding hydrogens is 249 g/mol. The van der Waals surface area contributed by atoms with Crippen LogP contribution in [0, 0.1) is 5.82 Å². The van der Waals surface area contributed by atoms with Crippen LogP contribution in [0.25, 0.3) is 0 Å². The SMILES string of the molecule is COCCNCc1c(F)cccc1SC(C)(C)C. The van der Waals surface area contributed by atoms with Crippen molar-refractivity contribution < 1.29 is 9.13 Å². The van der Waals surface area contributed by atoms with Gasteiger partial charge in [-0.25, -0.2) is 4.39 Å². The minimum absolute atomic E-state index is 0.0784. The summed E-state index contributed by atoms with van der Waals surface area (Å²) in [5.41, 5.74) is 0.744. The Morgan fingerprint density at radius 1 is 1.33 bits per heavy atom. The number of rotatable bonds is 6. The highest BCUT2D eigenvalue weighted by molar-refractivity contribution is 8.00. The average molecular weight is 271 g/mol. The highest BCUT2D eigenvalue weighted by Crippen LogP contribution is 2.34. The molecule has 1 aromatic carbocycles. The minimum Gasteiger partial charge on any atom is -0.383 e. The molecular formula is C14H22FNOS. The molecule has 0 aromatic heterocycles. The van der Waals surface area contributed by atoms with E-state index in [1.54, 1.807) is 24.9 Å². The van der Waals surface area contributed by atoms with Crippen LogP contribution in [0.5, 0.6) is 0 Å². The van der Waals surface area contributed by atoms with Gasteiger partial charge in [-0.05, 0) is 12.1 Å². The van der Waals surface area contributed by atoms with Crippen molar-refractivity contribution in [3.8, 4) is 0 Å². The van der Waals surface area contributed by atoms with Crippen molar-refractivity contribution in [1.82, 2.24) is 5.32 Å². The number of benzene rings is 1. The predicted octanol–water partition coefficient (Wildman–Crippen LogP) is 3.45. The lowest BCUT2D eigenvalue weighted by molar-refractivity contribution is 0.199. The molecule has 0 saturated carbocycles. The topological polar surface area (TPSA) is 21.3 Å².